The predicted octanol–water partition coefficient (Wildman–Crippen LogP) is 3.18. The Morgan fingerprint density at radius 1 is 1.30 bits per heavy atom. The van der Waals surface area contributed by atoms with Crippen molar-refractivity contribution in [3.8, 4) is 0 Å². The third kappa shape index (κ3) is 2.63. The molecular weight excluding hydrogens is 316 g/mol. The second-order valence-electron chi connectivity index (χ2n) is 6.01. The Hall–Kier alpha value is -0.870. The van der Waals surface area contributed by atoms with Gasteiger partial charge < -0.3 is 9.80 Å². The van der Waals surface area contributed by atoms with Gasteiger partial charge in [0.05, 0.1) is 0 Å². The number of hydrogen-bond donors (Lipinski definition) is 0. The van der Waals surface area contributed by atoms with Crippen LogP contribution >= 0.6 is 15.9 Å². The Bertz CT molecular complexity index is 505. The van der Waals surface area contributed by atoms with Gasteiger partial charge in [-0.2, -0.15) is 0 Å². The molecule has 2 heterocycles. The molecule has 0 N–H and O–H groups in total. The molecule has 0 aromatic heterocycles. The van der Waals surface area contributed by atoms with Crippen LogP contribution in [0.15, 0.2) is 22.7 Å². The van der Waals surface area contributed by atoms with Crippen LogP contribution in [0.3, 0.4) is 0 Å². The first-order chi connectivity index (χ1) is 9.69. The molecule has 2 saturated heterocycles. The Labute approximate surface area is 129 Å². The van der Waals surface area contributed by atoms with Crippen LogP contribution in [-0.4, -0.2) is 43.9 Å². The van der Waals surface area contributed by atoms with Crippen LogP contribution in [0.4, 0.5) is 5.69 Å². The fourth-order valence-electron chi connectivity index (χ4n) is 3.70. The highest BCUT2D eigenvalue weighted by Gasteiger charge is 2.34. The van der Waals surface area contributed by atoms with Crippen LogP contribution in [0.25, 0.3) is 0 Å². The average Bonchev–Trinajstić information content (AvgIpc) is 2.47. The maximum absolute atomic E-state index is 10.9. The molecule has 2 aliphatic rings. The van der Waals surface area contributed by atoms with Crippen molar-refractivity contribution in [3.63, 3.8) is 0 Å². The summed E-state index contributed by atoms with van der Waals surface area (Å²) in [7, 11) is 2.27. The molecular formula is C16H21BrN2O. The lowest BCUT2D eigenvalue weighted by Gasteiger charge is -2.46. The second-order valence-corrected chi connectivity index (χ2v) is 6.86. The van der Waals surface area contributed by atoms with E-state index in [0.717, 1.165) is 41.4 Å². The smallest absolute Gasteiger partial charge is 0.151 e. The molecule has 3 nitrogen and oxygen atoms in total. The van der Waals surface area contributed by atoms with E-state index in [9.17, 15) is 4.79 Å². The average molecular weight is 337 g/mol. The number of halogens is 1. The SMILES string of the molecule is CN1CCCC2CN(c3ccc(C=O)c(Br)c3)CCC21. The van der Waals surface area contributed by atoms with Crippen LogP contribution in [0.2, 0.25) is 0 Å². The molecule has 2 fully saturated rings. The van der Waals surface area contributed by atoms with E-state index in [4.69, 9.17) is 0 Å². The summed E-state index contributed by atoms with van der Waals surface area (Å²) in [6.07, 6.45) is 4.81. The van der Waals surface area contributed by atoms with E-state index in [0.29, 0.717) is 0 Å². The minimum absolute atomic E-state index is 0.723. The molecule has 2 unspecified atom stereocenters. The number of aldehydes is 1. The summed E-state index contributed by atoms with van der Waals surface area (Å²) in [6, 6.07) is 6.82. The normalized spacial score (nSPS) is 27.2. The van der Waals surface area contributed by atoms with Crippen molar-refractivity contribution in [2.24, 2.45) is 5.92 Å². The van der Waals surface area contributed by atoms with E-state index in [-0.39, 0.29) is 0 Å². The topological polar surface area (TPSA) is 23.6 Å². The van der Waals surface area contributed by atoms with Gasteiger partial charge in [-0.3, -0.25) is 4.79 Å². The highest BCUT2D eigenvalue weighted by Crippen LogP contribution is 2.33. The molecule has 4 heteroatoms. The summed E-state index contributed by atoms with van der Waals surface area (Å²) in [5.41, 5.74) is 1.95. The number of carbonyl (C=O) groups is 1. The van der Waals surface area contributed by atoms with Gasteiger partial charge in [0.2, 0.25) is 0 Å². The van der Waals surface area contributed by atoms with Crippen LogP contribution in [0.5, 0.6) is 0 Å². The first-order valence-electron chi connectivity index (χ1n) is 7.39. The Balaban J connectivity index is 1.76. The number of rotatable bonds is 2. The molecule has 0 aliphatic carbocycles. The molecule has 0 spiro atoms. The predicted molar refractivity (Wildman–Crippen MR) is 85.5 cm³/mol. The largest absolute Gasteiger partial charge is 0.371 e. The monoisotopic (exact) mass is 336 g/mol. The molecule has 1 aromatic rings. The summed E-state index contributed by atoms with van der Waals surface area (Å²) in [5.74, 6) is 0.784. The van der Waals surface area contributed by atoms with Crippen LogP contribution < -0.4 is 4.90 Å². The standard InChI is InChI=1S/C16H21BrN2O/c1-18-7-2-3-12-10-19(8-6-16(12)18)14-5-4-13(11-20)15(17)9-14/h4-5,9,11-12,16H,2-3,6-8,10H2,1H3. The van der Waals surface area contributed by atoms with Crippen molar-refractivity contribution in [3.05, 3.63) is 28.2 Å². The Morgan fingerprint density at radius 3 is 2.90 bits per heavy atom. The van der Waals surface area contributed by atoms with Crippen molar-refractivity contribution in [1.29, 1.82) is 0 Å². The zero-order valence-corrected chi connectivity index (χ0v) is 13.5. The lowest BCUT2D eigenvalue weighted by molar-refractivity contribution is 0.102. The molecule has 0 radical (unpaired) electrons. The van der Waals surface area contributed by atoms with Gasteiger partial charge in [-0.25, -0.2) is 0 Å². The molecule has 0 amide bonds. The number of fused-ring (bicyclic) bond motifs is 1. The van der Waals surface area contributed by atoms with Gasteiger partial charge in [-0.15, -0.1) is 0 Å². The number of carbonyl (C=O) groups excluding carboxylic acids is 1. The molecule has 2 aliphatic heterocycles. The first-order valence-corrected chi connectivity index (χ1v) is 8.18. The number of piperidine rings is 2. The summed E-state index contributed by atoms with van der Waals surface area (Å²) >= 11 is 3.49. The minimum atomic E-state index is 0.723. The number of nitrogens with zero attached hydrogens (tertiary/aromatic N) is 2. The van der Waals surface area contributed by atoms with Crippen molar-refractivity contribution in [2.45, 2.75) is 25.3 Å². The lowest BCUT2D eigenvalue weighted by atomic mass is 9.84. The summed E-state index contributed by atoms with van der Waals surface area (Å²) < 4.78 is 0.896. The molecule has 20 heavy (non-hydrogen) atoms. The molecule has 1 aromatic carbocycles. The molecule has 3 rings (SSSR count). The van der Waals surface area contributed by atoms with E-state index >= 15 is 0 Å². The molecule has 2 atom stereocenters. The maximum Gasteiger partial charge on any atom is 0.151 e. The number of likely N-dealkylation sites (tertiary alicyclic amines) is 1. The van der Waals surface area contributed by atoms with E-state index in [1.807, 2.05) is 6.07 Å². The fraction of sp³-hybridized carbons (Fsp3) is 0.562. The van der Waals surface area contributed by atoms with Gasteiger partial charge in [-0.1, -0.05) is 0 Å². The zero-order chi connectivity index (χ0) is 14.1. The van der Waals surface area contributed by atoms with Crippen molar-refractivity contribution >= 4 is 27.9 Å². The van der Waals surface area contributed by atoms with Gasteiger partial charge >= 0.3 is 0 Å². The van der Waals surface area contributed by atoms with Gasteiger partial charge in [0, 0.05) is 34.9 Å². The Kier molecular flexibility index (Phi) is 4.13. The van der Waals surface area contributed by atoms with Gasteiger partial charge in [0.15, 0.2) is 6.29 Å². The van der Waals surface area contributed by atoms with Crippen molar-refractivity contribution in [1.82, 2.24) is 4.90 Å². The number of benzene rings is 1. The Morgan fingerprint density at radius 2 is 2.15 bits per heavy atom. The van der Waals surface area contributed by atoms with E-state index in [2.05, 4.69) is 44.9 Å². The number of anilines is 1. The summed E-state index contributed by atoms with van der Waals surface area (Å²) in [6.45, 7) is 3.50. The van der Waals surface area contributed by atoms with Gasteiger partial charge in [-0.05, 0) is 72.9 Å². The third-order valence-corrected chi connectivity index (χ3v) is 5.51. The number of hydrogen-bond acceptors (Lipinski definition) is 3. The highest BCUT2D eigenvalue weighted by atomic mass is 79.9. The second kappa shape index (κ2) is 5.86. The zero-order valence-electron chi connectivity index (χ0n) is 11.9. The lowest BCUT2D eigenvalue weighted by Crippen LogP contribution is -2.52. The van der Waals surface area contributed by atoms with Gasteiger partial charge in [0.25, 0.3) is 0 Å². The fourth-order valence-corrected chi connectivity index (χ4v) is 4.16. The minimum Gasteiger partial charge on any atom is -0.371 e. The van der Waals surface area contributed by atoms with E-state index in [1.165, 1.54) is 31.5 Å². The molecule has 108 valence electrons. The summed E-state index contributed by atoms with van der Waals surface area (Å²) in [4.78, 5) is 15.9. The van der Waals surface area contributed by atoms with E-state index in [1.54, 1.807) is 0 Å². The van der Waals surface area contributed by atoms with E-state index < -0.39 is 0 Å². The third-order valence-electron chi connectivity index (χ3n) is 4.82. The van der Waals surface area contributed by atoms with Crippen LogP contribution in [0, 0.1) is 5.92 Å². The van der Waals surface area contributed by atoms with Crippen molar-refractivity contribution < 1.29 is 4.79 Å². The van der Waals surface area contributed by atoms with Crippen molar-refractivity contribution in [2.75, 3.05) is 31.6 Å². The summed E-state index contributed by atoms with van der Waals surface area (Å²) in [5, 5.41) is 0. The van der Waals surface area contributed by atoms with Crippen LogP contribution in [0.1, 0.15) is 29.6 Å². The maximum atomic E-state index is 10.9. The first kappa shape index (κ1) is 14.1. The van der Waals surface area contributed by atoms with Crippen LogP contribution in [-0.2, 0) is 0 Å². The molecule has 0 bridgehead atoms. The quantitative estimate of drug-likeness (QED) is 0.775. The molecule has 0 saturated carbocycles. The van der Waals surface area contributed by atoms with Gasteiger partial charge in [0.1, 0.15) is 0 Å². The highest BCUT2D eigenvalue weighted by molar-refractivity contribution is 9.10.